The summed E-state index contributed by atoms with van der Waals surface area (Å²) in [5, 5.41) is 3.51. The van der Waals surface area contributed by atoms with Gasteiger partial charge in [0.05, 0.1) is 0 Å². The van der Waals surface area contributed by atoms with Gasteiger partial charge in [-0.3, -0.25) is 4.79 Å². The molecular weight excluding hydrogens is 224 g/mol. The van der Waals surface area contributed by atoms with Gasteiger partial charge in [-0.1, -0.05) is 13.0 Å². The second-order valence-electron chi connectivity index (χ2n) is 5.91. The Kier molecular flexibility index (Phi) is 4.44. The number of carbonyl (C=O) groups excluding carboxylic acids is 1. The van der Waals surface area contributed by atoms with E-state index in [1.165, 1.54) is 19.3 Å². The zero-order valence-corrected chi connectivity index (χ0v) is 11.8. The van der Waals surface area contributed by atoms with E-state index in [1.54, 1.807) is 0 Å². The van der Waals surface area contributed by atoms with Crippen molar-refractivity contribution in [2.45, 2.75) is 46.0 Å². The number of nitrogens with zero attached hydrogens (tertiary/aromatic N) is 1. The highest BCUT2D eigenvalue weighted by molar-refractivity contribution is 5.92. The van der Waals surface area contributed by atoms with Crippen LogP contribution in [0.15, 0.2) is 11.6 Å². The molecular formula is C15H26N2O. The average Bonchev–Trinajstić information content (AvgIpc) is 2.39. The summed E-state index contributed by atoms with van der Waals surface area (Å²) in [6.07, 6.45) is 7.96. The van der Waals surface area contributed by atoms with Crippen molar-refractivity contribution in [3.63, 3.8) is 0 Å². The van der Waals surface area contributed by atoms with Crippen LogP contribution in [0.1, 0.15) is 46.0 Å². The Morgan fingerprint density at radius 2 is 2.17 bits per heavy atom. The van der Waals surface area contributed by atoms with Gasteiger partial charge in [-0.05, 0) is 45.6 Å². The van der Waals surface area contributed by atoms with Crippen molar-refractivity contribution in [1.29, 1.82) is 0 Å². The molecule has 1 unspecified atom stereocenters. The number of hydrogen-bond donors (Lipinski definition) is 1. The fourth-order valence-electron chi connectivity index (χ4n) is 3.40. The lowest BCUT2D eigenvalue weighted by atomic mass is 9.74. The standard InChI is InChI=1S/C15H26N2O/c1-3-6-13(2)14(18)17-10-5-8-15(12-17)7-4-9-16-11-15/h6,16H,3-5,7-12H2,1-2H3/b13-6-. The second-order valence-corrected chi connectivity index (χ2v) is 5.91. The summed E-state index contributed by atoms with van der Waals surface area (Å²) >= 11 is 0. The van der Waals surface area contributed by atoms with E-state index < -0.39 is 0 Å². The molecule has 2 saturated heterocycles. The van der Waals surface area contributed by atoms with Gasteiger partial charge in [-0.25, -0.2) is 0 Å². The van der Waals surface area contributed by atoms with Gasteiger partial charge in [0, 0.05) is 30.6 Å². The average molecular weight is 250 g/mol. The Bertz CT molecular complexity index is 324. The van der Waals surface area contributed by atoms with Crippen LogP contribution in [0.3, 0.4) is 0 Å². The third-order valence-electron chi connectivity index (χ3n) is 4.36. The van der Waals surface area contributed by atoms with Gasteiger partial charge in [0.2, 0.25) is 5.91 Å². The molecule has 2 aliphatic rings. The first-order valence-electron chi connectivity index (χ1n) is 7.34. The SMILES string of the molecule is CC/C=C(/C)C(=O)N1CCCC2(CCCNC2)C1. The molecule has 1 spiro atoms. The largest absolute Gasteiger partial charge is 0.338 e. The third kappa shape index (κ3) is 2.94. The first kappa shape index (κ1) is 13.6. The Hall–Kier alpha value is -0.830. The second kappa shape index (κ2) is 5.87. The van der Waals surface area contributed by atoms with E-state index in [4.69, 9.17) is 0 Å². The van der Waals surface area contributed by atoms with Crippen molar-refractivity contribution in [3.05, 3.63) is 11.6 Å². The van der Waals surface area contributed by atoms with E-state index in [9.17, 15) is 4.79 Å². The molecule has 2 rings (SSSR count). The fourth-order valence-corrected chi connectivity index (χ4v) is 3.40. The van der Waals surface area contributed by atoms with E-state index in [0.717, 1.165) is 44.6 Å². The number of amides is 1. The third-order valence-corrected chi connectivity index (χ3v) is 4.36. The minimum Gasteiger partial charge on any atom is -0.338 e. The summed E-state index contributed by atoms with van der Waals surface area (Å²) < 4.78 is 0. The summed E-state index contributed by atoms with van der Waals surface area (Å²) in [6.45, 7) is 8.16. The highest BCUT2D eigenvalue weighted by Crippen LogP contribution is 2.36. The molecule has 0 aromatic carbocycles. The van der Waals surface area contributed by atoms with Gasteiger partial charge >= 0.3 is 0 Å². The van der Waals surface area contributed by atoms with Gasteiger partial charge in [0.25, 0.3) is 0 Å². The van der Waals surface area contributed by atoms with Crippen molar-refractivity contribution in [3.8, 4) is 0 Å². The molecule has 3 heteroatoms. The highest BCUT2D eigenvalue weighted by atomic mass is 16.2. The van der Waals surface area contributed by atoms with Gasteiger partial charge in [0.15, 0.2) is 0 Å². The van der Waals surface area contributed by atoms with Crippen LogP contribution in [0.4, 0.5) is 0 Å². The Balaban J connectivity index is 2.02. The van der Waals surface area contributed by atoms with E-state index in [1.807, 2.05) is 13.0 Å². The molecule has 0 aromatic heterocycles. The van der Waals surface area contributed by atoms with Crippen LogP contribution < -0.4 is 5.32 Å². The number of allylic oxidation sites excluding steroid dienone is 1. The summed E-state index contributed by atoms with van der Waals surface area (Å²) in [4.78, 5) is 14.4. The molecule has 2 fully saturated rings. The summed E-state index contributed by atoms with van der Waals surface area (Å²) in [7, 11) is 0. The van der Waals surface area contributed by atoms with Crippen molar-refractivity contribution in [1.82, 2.24) is 10.2 Å². The molecule has 0 bridgehead atoms. The van der Waals surface area contributed by atoms with Crippen LogP contribution >= 0.6 is 0 Å². The van der Waals surface area contributed by atoms with Crippen LogP contribution in [0.5, 0.6) is 0 Å². The topological polar surface area (TPSA) is 32.3 Å². The molecule has 2 heterocycles. The number of carbonyl (C=O) groups is 1. The molecule has 0 saturated carbocycles. The molecule has 1 N–H and O–H groups in total. The smallest absolute Gasteiger partial charge is 0.249 e. The first-order chi connectivity index (χ1) is 8.67. The van der Waals surface area contributed by atoms with Crippen molar-refractivity contribution in [2.24, 2.45) is 5.41 Å². The Labute approximate surface area is 111 Å². The lowest BCUT2D eigenvalue weighted by Gasteiger charge is -2.45. The lowest BCUT2D eigenvalue weighted by molar-refractivity contribution is -0.130. The summed E-state index contributed by atoms with van der Waals surface area (Å²) in [6, 6.07) is 0. The molecule has 3 nitrogen and oxygen atoms in total. The highest BCUT2D eigenvalue weighted by Gasteiger charge is 2.37. The monoisotopic (exact) mass is 250 g/mol. The summed E-state index contributed by atoms with van der Waals surface area (Å²) in [5.41, 5.74) is 1.27. The van der Waals surface area contributed by atoms with Gasteiger partial charge < -0.3 is 10.2 Å². The minimum atomic E-state index is 0.251. The maximum Gasteiger partial charge on any atom is 0.249 e. The Morgan fingerprint density at radius 3 is 2.83 bits per heavy atom. The fraction of sp³-hybridized carbons (Fsp3) is 0.800. The maximum absolute atomic E-state index is 12.4. The zero-order chi connectivity index (χ0) is 13.0. The van der Waals surface area contributed by atoms with Crippen molar-refractivity contribution < 1.29 is 4.79 Å². The predicted octanol–water partition coefficient (Wildman–Crippen LogP) is 2.33. The molecule has 102 valence electrons. The van der Waals surface area contributed by atoms with E-state index in [0.29, 0.717) is 5.41 Å². The van der Waals surface area contributed by atoms with Crippen LogP contribution in [-0.4, -0.2) is 37.0 Å². The number of rotatable bonds is 2. The number of likely N-dealkylation sites (tertiary alicyclic amines) is 1. The zero-order valence-electron chi connectivity index (χ0n) is 11.8. The van der Waals surface area contributed by atoms with Crippen molar-refractivity contribution >= 4 is 5.91 Å². The normalized spacial score (nSPS) is 29.7. The maximum atomic E-state index is 12.4. The molecule has 0 aliphatic carbocycles. The van der Waals surface area contributed by atoms with E-state index >= 15 is 0 Å². The van der Waals surface area contributed by atoms with E-state index in [-0.39, 0.29) is 5.91 Å². The minimum absolute atomic E-state index is 0.251. The molecule has 0 radical (unpaired) electrons. The molecule has 1 amide bonds. The van der Waals surface area contributed by atoms with E-state index in [2.05, 4.69) is 17.1 Å². The number of piperidine rings is 2. The summed E-state index contributed by atoms with van der Waals surface area (Å²) in [5.74, 6) is 0.251. The number of hydrogen-bond acceptors (Lipinski definition) is 2. The Morgan fingerprint density at radius 1 is 1.39 bits per heavy atom. The number of nitrogens with one attached hydrogen (secondary N) is 1. The van der Waals surface area contributed by atoms with Gasteiger partial charge in [-0.15, -0.1) is 0 Å². The first-order valence-corrected chi connectivity index (χ1v) is 7.34. The molecule has 0 aromatic rings. The molecule has 2 aliphatic heterocycles. The lowest BCUT2D eigenvalue weighted by Crippen LogP contribution is -2.52. The molecule has 18 heavy (non-hydrogen) atoms. The van der Waals surface area contributed by atoms with Gasteiger partial charge in [-0.2, -0.15) is 0 Å². The van der Waals surface area contributed by atoms with Crippen LogP contribution in [0.25, 0.3) is 0 Å². The van der Waals surface area contributed by atoms with Gasteiger partial charge in [0.1, 0.15) is 0 Å². The van der Waals surface area contributed by atoms with Crippen LogP contribution in [0.2, 0.25) is 0 Å². The van der Waals surface area contributed by atoms with Crippen LogP contribution in [-0.2, 0) is 4.79 Å². The quantitative estimate of drug-likeness (QED) is 0.763. The molecule has 1 atom stereocenters. The van der Waals surface area contributed by atoms with Crippen molar-refractivity contribution in [2.75, 3.05) is 26.2 Å². The van der Waals surface area contributed by atoms with Crippen LogP contribution in [0, 0.1) is 5.41 Å². The predicted molar refractivity (Wildman–Crippen MR) is 74.4 cm³/mol.